The molecule has 2 aromatic heterocycles. The highest BCUT2D eigenvalue weighted by Crippen LogP contribution is 2.32. The normalized spacial score (nSPS) is 12.8. The highest BCUT2D eigenvalue weighted by Gasteiger charge is 2.28. The van der Waals surface area contributed by atoms with Gasteiger partial charge in [-0.05, 0) is 44.0 Å². The molecule has 0 unspecified atom stereocenters. The van der Waals surface area contributed by atoms with Crippen LogP contribution in [0, 0.1) is 5.41 Å². The second kappa shape index (κ2) is 16.4. The first-order valence-electron chi connectivity index (χ1n) is 16.1. The number of carbonyl (C=O) groups is 1. The van der Waals surface area contributed by atoms with Gasteiger partial charge in [0.2, 0.25) is 11.8 Å². The maximum absolute atomic E-state index is 12.6. The summed E-state index contributed by atoms with van der Waals surface area (Å²) in [6.07, 6.45) is 1.39. The first kappa shape index (κ1) is 34.7. The largest absolute Gasteiger partial charge is 0.473 e. The van der Waals surface area contributed by atoms with Gasteiger partial charge in [-0.25, -0.2) is 9.78 Å². The molecule has 0 spiro atoms. The molecule has 10 heteroatoms. The van der Waals surface area contributed by atoms with Crippen molar-refractivity contribution >= 4 is 23.3 Å². The summed E-state index contributed by atoms with van der Waals surface area (Å²) < 4.78 is 17.8. The minimum absolute atomic E-state index is 0.237. The maximum Gasteiger partial charge on any atom is 0.410 e. The van der Waals surface area contributed by atoms with Crippen LogP contribution in [0.25, 0.3) is 0 Å². The van der Waals surface area contributed by atoms with Crippen LogP contribution < -0.4 is 19.7 Å². The molecule has 1 aliphatic rings. The number of anilines is 2. The van der Waals surface area contributed by atoms with Crippen LogP contribution in [0.2, 0.25) is 0 Å². The van der Waals surface area contributed by atoms with E-state index >= 15 is 0 Å². The van der Waals surface area contributed by atoms with Crippen molar-refractivity contribution in [3.63, 3.8) is 0 Å². The van der Waals surface area contributed by atoms with Gasteiger partial charge in [0, 0.05) is 51.1 Å². The van der Waals surface area contributed by atoms with E-state index in [4.69, 9.17) is 14.2 Å². The standard InChI is InChI=1S/C35H40N6O4.C2H6/c1-35(2,3)45-34(42)41-21-19-40(20-22-41)32-31(37-4)27(17-18-38-32)30(36)28-15-16-29(43-23-25-11-7-5-8-12-25)39-33(28)44-24-26-13-9-6-10-14-26;1-2/h5-18,36-37H,19-24H2,1-4H3;1-2H3. The number of carbonyl (C=O) groups excluding carboxylic acids is 1. The van der Waals surface area contributed by atoms with Crippen LogP contribution in [-0.2, 0) is 18.0 Å². The Balaban J connectivity index is 0.00000245. The summed E-state index contributed by atoms with van der Waals surface area (Å²) in [6, 6.07) is 25.1. The molecule has 1 aliphatic heterocycles. The lowest BCUT2D eigenvalue weighted by Gasteiger charge is -2.37. The Kier molecular flexibility index (Phi) is 12.2. The number of hydrogen-bond donors (Lipinski definition) is 2. The van der Waals surface area contributed by atoms with Gasteiger partial charge in [0.15, 0.2) is 5.82 Å². The summed E-state index contributed by atoms with van der Waals surface area (Å²) in [7, 11) is 1.82. The fourth-order valence-electron chi connectivity index (χ4n) is 4.98. The molecule has 1 fully saturated rings. The van der Waals surface area contributed by atoms with Gasteiger partial charge in [0.25, 0.3) is 0 Å². The predicted octanol–water partition coefficient (Wildman–Crippen LogP) is 7.18. The van der Waals surface area contributed by atoms with Crippen molar-refractivity contribution in [2.24, 2.45) is 0 Å². The van der Waals surface area contributed by atoms with E-state index in [2.05, 4.69) is 20.2 Å². The first-order valence-corrected chi connectivity index (χ1v) is 16.1. The lowest BCUT2D eigenvalue weighted by molar-refractivity contribution is 0.0240. The number of nitrogens with one attached hydrogen (secondary N) is 2. The van der Waals surface area contributed by atoms with Crippen LogP contribution in [-0.4, -0.2) is 65.5 Å². The highest BCUT2D eigenvalue weighted by atomic mass is 16.6. The lowest BCUT2D eigenvalue weighted by atomic mass is 10.0. The van der Waals surface area contributed by atoms with Gasteiger partial charge in [0.1, 0.15) is 18.8 Å². The zero-order valence-corrected chi connectivity index (χ0v) is 28.2. The summed E-state index contributed by atoms with van der Waals surface area (Å²) in [5.41, 5.74) is 3.60. The monoisotopic (exact) mass is 638 g/mol. The van der Waals surface area contributed by atoms with E-state index in [1.807, 2.05) is 114 Å². The average molecular weight is 639 g/mol. The summed E-state index contributed by atoms with van der Waals surface area (Å²) in [6.45, 7) is 12.4. The Morgan fingerprint density at radius 2 is 1.43 bits per heavy atom. The van der Waals surface area contributed by atoms with E-state index in [1.54, 1.807) is 17.2 Å². The Morgan fingerprint density at radius 1 is 0.830 bits per heavy atom. The molecular formula is C37H46N6O4. The highest BCUT2D eigenvalue weighted by molar-refractivity contribution is 6.16. The summed E-state index contributed by atoms with van der Waals surface area (Å²) in [5.74, 6) is 1.43. The van der Waals surface area contributed by atoms with Crippen LogP contribution in [0.1, 0.15) is 56.9 Å². The molecule has 10 nitrogen and oxygen atoms in total. The van der Waals surface area contributed by atoms with Crippen molar-refractivity contribution in [1.82, 2.24) is 14.9 Å². The smallest absolute Gasteiger partial charge is 0.410 e. The molecule has 5 rings (SSSR count). The van der Waals surface area contributed by atoms with Gasteiger partial charge in [0.05, 0.1) is 17.0 Å². The van der Waals surface area contributed by atoms with E-state index < -0.39 is 5.60 Å². The number of hydrogen-bond acceptors (Lipinski definition) is 9. The van der Waals surface area contributed by atoms with E-state index in [-0.39, 0.29) is 11.8 Å². The van der Waals surface area contributed by atoms with E-state index in [0.717, 1.165) is 11.1 Å². The number of rotatable bonds is 10. The van der Waals surface area contributed by atoms with Crippen LogP contribution in [0.15, 0.2) is 85.1 Å². The second-order valence-electron chi connectivity index (χ2n) is 11.7. The lowest BCUT2D eigenvalue weighted by Crippen LogP contribution is -2.50. The van der Waals surface area contributed by atoms with Gasteiger partial charge in [-0.3, -0.25) is 5.41 Å². The molecule has 0 aliphatic carbocycles. The Hall–Kier alpha value is -5.12. The van der Waals surface area contributed by atoms with Gasteiger partial charge >= 0.3 is 6.09 Å². The van der Waals surface area contributed by atoms with Crippen molar-refractivity contribution in [2.75, 3.05) is 43.4 Å². The van der Waals surface area contributed by atoms with Gasteiger partial charge in [-0.15, -0.1) is 0 Å². The van der Waals surface area contributed by atoms with Crippen molar-refractivity contribution in [3.8, 4) is 11.8 Å². The maximum atomic E-state index is 12.6. The molecular weight excluding hydrogens is 592 g/mol. The molecule has 47 heavy (non-hydrogen) atoms. The zero-order valence-electron chi connectivity index (χ0n) is 28.2. The molecule has 248 valence electrons. The van der Waals surface area contributed by atoms with Gasteiger partial charge in [-0.2, -0.15) is 4.98 Å². The first-order chi connectivity index (χ1) is 22.7. The fraction of sp³-hybridized carbons (Fsp3) is 0.351. The summed E-state index contributed by atoms with van der Waals surface area (Å²) in [5, 5.41) is 12.6. The molecule has 4 aromatic rings. The number of ether oxygens (including phenoxy) is 3. The van der Waals surface area contributed by atoms with Crippen LogP contribution in [0.5, 0.6) is 11.8 Å². The molecule has 0 radical (unpaired) electrons. The third-order valence-corrected chi connectivity index (χ3v) is 7.23. The van der Waals surface area contributed by atoms with Gasteiger partial charge < -0.3 is 29.3 Å². The summed E-state index contributed by atoms with van der Waals surface area (Å²) >= 11 is 0. The Bertz CT molecular complexity index is 1600. The zero-order chi connectivity index (χ0) is 33.8. The topological polar surface area (TPSA) is 113 Å². The minimum atomic E-state index is -0.547. The summed E-state index contributed by atoms with van der Waals surface area (Å²) in [4.78, 5) is 25.8. The average Bonchev–Trinajstić information content (AvgIpc) is 3.10. The second-order valence-corrected chi connectivity index (χ2v) is 11.7. The molecule has 1 amide bonds. The predicted molar refractivity (Wildman–Crippen MR) is 187 cm³/mol. The van der Waals surface area contributed by atoms with Crippen molar-refractivity contribution in [2.45, 2.75) is 53.4 Å². The van der Waals surface area contributed by atoms with Crippen LogP contribution >= 0.6 is 0 Å². The quantitative estimate of drug-likeness (QED) is 0.176. The van der Waals surface area contributed by atoms with Crippen LogP contribution in [0.3, 0.4) is 0 Å². The Morgan fingerprint density at radius 3 is 2.00 bits per heavy atom. The Labute approximate surface area is 278 Å². The SMILES string of the molecule is CC.CNc1c(C(=N)c2ccc(OCc3ccccc3)nc2OCc2ccccc2)ccnc1N1CCN(C(=O)OC(C)(C)C)CC1. The van der Waals surface area contributed by atoms with E-state index in [0.29, 0.717) is 73.8 Å². The number of amides is 1. The molecule has 0 atom stereocenters. The van der Waals surface area contributed by atoms with Gasteiger partial charge in [-0.1, -0.05) is 74.5 Å². The number of pyridine rings is 2. The van der Waals surface area contributed by atoms with Crippen molar-refractivity contribution < 1.29 is 19.0 Å². The third-order valence-electron chi connectivity index (χ3n) is 7.23. The van der Waals surface area contributed by atoms with Crippen molar-refractivity contribution in [3.05, 3.63) is 107 Å². The molecule has 0 saturated carbocycles. The number of nitrogens with zero attached hydrogens (tertiary/aromatic N) is 4. The molecule has 0 bridgehead atoms. The number of aromatic nitrogens is 2. The minimum Gasteiger partial charge on any atom is -0.473 e. The fourth-order valence-corrected chi connectivity index (χ4v) is 4.98. The third kappa shape index (κ3) is 9.45. The van der Waals surface area contributed by atoms with Crippen molar-refractivity contribution in [1.29, 1.82) is 5.41 Å². The molecule has 2 aromatic carbocycles. The van der Waals surface area contributed by atoms with E-state index in [1.165, 1.54) is 0 Å². The van der Waals surface area contributed by atoms with Crippen LogP contribution in [0.4, 0.5) is 16.3 Å². The number of benzene rings is 2. The molecule has 3 heterocycles. The molecule has 2 N–H and O–H groups in total. The van der Waals surface area contributed by atoms with E-state index in [9.17, 15) is 10.2 Å². The molecule has 1 saturated heterocycles. The number of piperazine rings is 1.